The van der Waals surface area contributed by atoms with E-state index in [1.54, 1.807) is 0 Å². The Balaban J connectivity index is 1.90. The topological polar surface area (TPSA) is 90.1 Å². The normalized spacial score (nSPS) is 26.2. The van der Waals surface area contributed by atoms with Gasteiger partial charge in [0.1, 0.15) is 6.54 Å². The van der Waals surface area contributed by atoms with E-state index < -0.39 is 4.92 Å². The van der Waals surface area contributed by atoms with Crippen LogP contribution in [0.15, 0.2) is 12.3 Å². The van der Waals surface area contributed by atoms with E-state index in [4.69, 9.17) is 0 Å². The molecule has 20 heavy (non-hydrogen) atoms. The molecular weight excluding hydrogens is 260 g/mol. The summed E-state index contributed by atoms with van der Waals surface area (Å²) in [6.45, 7) is 4.39. The number of hydrogen-bond donors (Lipinski definition) is 1. The zero-order valence-electron chi connectivity index (χ0n) is 11.8. The zero-order chi connectivity index (χ0) is 14.7. The molecule has 1 aromatic heterocycles. The second kappa shape index (κ2) is 6.02. The Morgan fingerprint density at radius 2 is 2.30 bits per heavy atom. The Morgan fingerprint density at radius 3 is 2.95 bits per heavy atom. The van der Waals surface area contributed by atoms with Gasteiger partial charge in [0.05, 0.1) is 17.4 Å². The van der Waals surface area contributed by atoms with Gasteiger partial charge in [-0.1, -0.05) is 26.7 Å². The summed E-state index contributed by atoms with van der Waals surface area (Å²) in [5, 5.41) is 17.3. The highest BCUT2D eigenvalue weighted by Crippen LogP contribution is 2.29. The van der Waals surface area contributed by atoms with E-state index >= 15 is 0 Å². The molecule has 110 valence electrons. The van der Waals surface area contributed by atoms with Gasteiger partial charge in [-0.25, -0.2) is 0 Å². The van der Waals surface area contributed by atoms with Crippen molar-refractivity contribution in [3.63, 3.8) is 0 Å². The van der Waals surface area contributed by atoms with E-state index in [9.17, 15) is 14.9 Å². The maximum absolute atomic E-state index is 12.0. The molecule has 3 atom stereocenters. The third-order valence-electron chi connectivity index (χ3n) is 4.17. The van der Waals surface area contributed by atoms with Crippen LogP contribution in [0.2, 0.25) is 0 Å². The van der Waals surface area contributed by atoms with Crippen LogP contribution in [0.4, 0.5) is 5.82 Å². The second-order valence-corrected chi connectivity index (χ2v) is 5.57. The fraction of sp³-hybridized carbons (Fsp3) is 0.692. The summed E-state index contributed by atoms with van der Waals surface area (Å²) in [5.74, 6) is 0.686. The van der Waals surface area contributed by atoms with Crippen molar-refractivity contribution < 1.29 is 9.72 Å². The number of carbonyl (C=O) groups excluding carboxylic acids is 1. The lowest BCUT2D eigenvalue weighted by Gasteiger charge is -2.34. The van der Waals surface area contributed by atoms with Crippen molar-refractivity contribution >= 4 is 11.7 Å². The number of aromatic nitrogens is 2. The van der Waals surface area contributed by atoms with Crippen LogP contribution in [0.5, 0.6) is 0 Å². The van der Waals surface area contributed by atoms with E-state index in [1.807, 2.05) is 0 Å². The van der Waals surface area contributed by atoms with Crippen LogP contribution in [-0.2, 0) is 11.3 Å². The molecule has 1 aromatic rings. The Bertz CT molecular complexity index is 500. The molecule has 0 bridgehead atoms. The molecular formula is C13H20N4O3. The molecule has 1 N–H and O–H groups in total. The van der Waals surface area contributed by atoms with Crippen molar-refractivity contribution in [3.05, 3.63) is 22.4 Å². The minimum Gasteiger partial charge on any atom is -0.358 e. The number of rotatable bonds is 4. The van der Waals surface area contributed by atoms with Gasteiger partial charge < -0.3 is 15.4 Å². The Morgan fingerprint density at radius 1 is 1.55 bits per heavy atom. The van der Waals surface area contributed by atoms with Gasteiger partial charge in [0.15, 0.2) is 0 Å². The first kappa shape index (κ1) is 14.5. The molecule has 7 heteroatoms. The number of nitrogens with one attached hydrogen (secondary N) is 1. The standard InChI is InChI=1S/C13H20N4O3/c1-9-4-3-5-11(10(9)2)14-13(18)8-16-7-6-12(15-16)17(19)20/h6-7,9-11H,3-5,8H2,1-2H3,(H,14,18)/t9-,10+,11+/m1/s1. The molecule has 1 fully saturated rings. The second-order valence-electron chi connectivity index (χ2n) is 5.57. The largest absolute Gasteiger partial charge is 0.389 e. The first-order valence-corrected chi connectivity index (χ1v) is 6.94. The summed E-state index contributed by atoms with van der Waals surface area (Å²) < 4.78 is 1.30. The molecule has 0 saturated heterocycles. The summed E-state index contributed by atoms with van der Waals surface area (Å²) in [5.41, 5.74) is 0. The van der Waals surface area contributed by atoms with Gasteiger partial charge >= 0.3 is 5.82 Å². The van der Waals surface area contributed by atoms with Gasteiger partial charge in [-0.05, 0) is 23.2 Å². The lowest BCUT2D eigenvalue weighted by molar-refractivity contribution is -0.389. The van der Waals surface area contributed by atoms with Gasteiger partial charge in [0.25, 0.3) is 0 Å². The number of carbonyl (C=O) groups is 1. The summed E-state index contributed by atoms with van der Waals surface area (Å²) >= 11 is 0. The van der Waals surface area contributed by atoms with Crippen molar-refractivity contribution in [2.75, 3.05) is 0 Å². The smallest absolute Gasteiger partial charge is 0.358 e. The summed E-state index contributed by atoms with van der Waals surface area (Å²) in [6.07, 6.45) is 4.78. The lowest BCUT2D eigenvalue weighted by atomic mass is 9.78. The molecule has 1 aliphatic rings. The van der Waals surface area contributed by atoms with Gasteiger partial charge in [0, 0.05) is 6.04 Å². The summed E-state index contributed by atoms with van der Waals surface area (Å²) in [4.78, 5) is 21.9. The average Bonchev–Trinajstić information content (AvgIpc) is 2.83. The van der Waals surface area contributed by atoms with E-state index in [2.05, 4.69) is 24.3 Å². The molecule has 1 amide bonds. The van der Waals surface area contributed by atoms with Crippen molar-refractivity contribution in [3.8, 4) is 0 Å². The highest BCUT2D eigenvalue weighted by molar-refractivity contribution is 5.76. The average molecular weight is 280 g/mol. The van der Waals surface area contributed by atoms with Gasteiger partial charge in [-0.15, -0.1) is 0 Å². The van der Waals surface area contributed by atoms with Gasteiger partial charge in [0.2, 0.25) is 5.91 Å². The molecule has 1 heterocycles. The lowest BCUT2D eigenvalue weighted by Crippen LogP contribution is -2.44. The van der Waals surface area contributed by atoms with Crippen LogP contribution in [0.25, 0.3) is 0 Å². The number of nitro groups is 1. The predicted octanol–water partition coefficient (Wildman–Crippen LogP) is 1.73. The monoisotopic (exact) mass is 280 g/mol. The van der Waals surface area contributed by atoms with Crippen LogP contribution in [0.3, 0.4) is 0 Å². The van der Waals surface area contributed by atoms with Crippen LogP contribution in [0.1, 0.15) is 33.1 Å². The molecule has 0 unspecified atom stereocenters. The first-order chi connectivity index (χ1) is 9.47. The molecule has 1 aliphatic carbocycles. The SMILES string of the molecule is C[C@H]1[C@H](C)CCC[C@@H]1NC(=O)Cn1ccc([N+](=O)[O-])n1. The predicted molar refractivity (Wildman–Crippen MR) is 73.0 cm³/mol. The number of amides is 1. The molecule has 0 spiro atoms. The molecule has 0 aromatic carbocycles. The first-order valence-electron chi connectivity index (χ1n) is 6.94. The van der Waals surface area contributed by atoms with E-state index in [0.29, 0.717) is 11.8 Å². The number of nitrogens with zero attached hydrogens (tertiary/aromatic N) is 3. The minimum absolute atomic E-state index is 0.0193. The molecule has 1 saturated carbocycles. The highest BCUT2D eigenvalue weighted by Gasteiger charge is 2.28. The maximum Gasteiger partial charge on any atom is 0.389 e. The molecule has 0 aliphatic heterocycles. The third-order valence-corrected chi connectivity index (χ3v) is 4.17. The molecule has 7 nitrogen and oxygen atoms in total. The Hall–Kier alpha value is -1.92. The zero-order valence-corrected chi connectivity index (χ0v) is 11.8. The van der Waals surface area contributed by atoms with Crippen LogP contribution < -0.4 is 5.32 Å². The fourth-order valence-corrected chi connectivity index (χ4v) is 2.72. The van der Waals surface area contributed by atoms with E-state index in [-0.39, 0.29) is 24.3 Å². The van der Waals surface area contributed by atoms with Crippen LogP contribution in [0, 0.1) is 22.0 Å². The van der Waals surface area contributed by atoms with E-state index in [1.165, 1.54) is 23.4 Å². The quantitative estimate of drug-likeness (QED) is 0.671. The molecule has 0 radical (unpaired) electrons. The minimum atomic E-state index is -0.570. The van der Waals surface area contributed by atoms with Crippen LogP contribution in [-0.4, -0.2) is 26.7 Å². The van der Waals surface area contributed by atoms with Crippen molar-refractivity contribution in [1.29, 1.82) is 0 Å². The van der Waals surface area contributed by atoms with Gasteiger partial charge in [-0.3, -0.25) is 4.79 Å². The Labute approximate surface area is 117 Å². The molecule has 2 rings (SSSR count). The van der Waals surface area contributed by atoms with Crippen molar-refractivity contribution in [2.45, 2.75) is 45.7 Å². The summed E-state index contributed by atoms with van der Waals surface area (Å²) in [7, 11) is 0. The highest BCUT2D eigenvalue weighted by atomic mass is 16.6. The summed E-state index contributed by atoms with van der Waals surface area (Å²) in [6, 6.07) is 1.48. The van der Waals surface area contributed by atoms with Crippen LogP contribution >= 0.6 is 0 Å². The fourth-order valence-electron chi connectivity index (χ4n) is 2.72. The van der Waals surface area contributed by atoms with Crippen molar-refractivity contribution in [1.82, 2.24) is 15.1 Å². The van der Waals surface area contributed by atoms with Crippen molar-refractivity contribution in [2.24, 2.45) is 11.8 Å². The number of hydrogen-bond acceptors (Lipinski definition) is 4. The van der Waals surface area contributed by atoms with E-state index in [0.717, 1.165) is 12.8 Å². The maximum atomic E-state index is 12.0. The third kappa shape index (κ3) is 3.34. The van der Waals surface area contributed by atoms with Gasteiger partial charge in [-0.2, -0.15) is 4.68 Å². The Kier molecular flexibility index (Phi) is 4.36.